The van der Waals surface area contributed by atoms with Gasteiger partial charge in [0.25, 0.3) is 0 Å². The number of hydrogen-bond acceptors (Lipinski definition) is 4. The van der Waals surface area contributed by atoms with Crippen molar-refractivity contribution in [3.63, 3.8) is 0 Å². The highest BCUT2D eigenvalue weighted by molar-refractivity contribution is 7.21. The molecule has 0 spiro atoms. The number of aromatic nitrogens is 3. The monoisotopic (exact) mass is 425 g/mol. The normalized spacial score (nSPS) is 12.9. The van der Waals surface area contributed by atoms with Gasteiger partial charge >= 0.3 is 5.97 Å². The molecule has 3 aromatic heterocycles. The Morgan fingerprint density at radius 2 is 1.90 bits per heavy atom. The first kappa shape index (κ1) is 19.9. The van der Waals surface area contributed by atoms with Crippen LogP contribution < -0.4 is 0 Å². The number of aromatic carboxylic acids is 1. The lowest BCUT2D eigenvalue weighted by Gasteiger charge is -2.29. The molecule has 4 rings (SSSR count). The Morgan fingerprint density at radius 3 is 2.59 bits per heavy atom. The van der Waals surface area contributed by atoms with Crippen LogP contribution in [0, 0.1) is 0 Å². The molecule has 0 saturated carbocycles. The molecule has 29 heavy (non-hydrogen) atoms. The summed E-state index contributed by atoms with van der Waals surface area (Å²) >= 11 is 1.23. The van der Waals surface area contributed by atoms with Crippen LogP contribution >= 0.6 is 11.3 Å². The van der Waals surface area contributed by atoms with Gasteiger partial charge in [0.05, 0.1) is 21.5 Å². The number of rotatable bonds is 5. The molecule has 0 fully saturated rings. The van der Waals surface area contributed by atoms with Gasteiger partial charge in [-0.2, -0.15) is 5.10 Å². The van der Waals surface area contributed by atoms with Crippen molar-refractivity contribution in [2.45, 2.75) is 45.3 Å². The molecule has 0 atom stereocenters. The Labute approximate surface area is 175 Å². The van der Waals surface area contributed by atoms with Crippen LogP contribution in [0.2, 0.25) is 5.04 Å². The summed E-state index contributed by atoms with van der Waals surface area (Å²) < 4.78 is 7.07. The van der Waals surface area contributed by atoms with Crippen molar-refractivity contribution >= 4 is 48.2 Å². The van der Waals surface area contributed by atoms with E-state index in [-0.39, 0.29) is 10.6 Å². The van der Waals surface area contributed by atoms with Gasteiger partial charge in [-0.15, -0.1) is 11.3 Å². The molecule has 3 heterocycles. The lowest BCUT2D eigenvalue weighted by Crippen LogP contribution is -2.27. The van der Waals surface area contributed by atoms with Gasteiger partial charge in [-0.1, -0.05) is 26.8 Å². The van der Waals surface area contributed by atoms with E-state index in [0.717, 1.165) is 38.1 Å². The van der Waals surface area contributed by atoms with Crippen LogP contribution in [0.1, 0.15) is 49.9 Å². The predicted octanol–water partition coefficient (Wildman–Crippen LogP) is 5.56. The molecule has 8 heteroatoms. The zero-order chi connectivity index (χ0) is 21.0. The Morgan fingerprint density at radius 1 is 1.14 bits per heavy atom. The molecular weight excluding hydrogens is 402 g/mol. The third-order valence-electron chi connectivity index (χ3n) is 4.63. The summed E-state index contributed by atoms with van der Waals surface area (Å²) in [5.74, 6) is -0.926. The first-order chi connectivity index (χ1) is 13.5. The second-order valence-electron chi connectivity index (χ2n) is 8.68. The van der Waals surface area contributed by atoms with Crippen LogP contribution in [-0.4, -0.2) is 36.0 Å². The molecule has 0 unspecified atom stereocenters. The van der Waals surface area contributed by atoms with Gasteiger partial charge in [0.15, 0.2) is 0 Å². The van der Waals surface area contributed by atoms with E-state index in [1.165, 1.54) is 11.3 Å². The smallest absolute Gasteiger partial charge is 0.345 e. The molecule has 1 aromatic carbocycles. The number of H-pyrrole nitrogens is 2. The molecule has 4 aromatic rings. The highest BCUT2D eigenvalue weighted by Gasteiger charge is 2.26. The van der Waals surface area contributed by atoms with Crippen LogP contribution in [0.3, 0.4) is 0 Å². The van der Waals surface area contributed by atoms with Crippen molar-refractivity contribution in [1.29, 1.82) is 0 Å². The zero-order valence-corrected chi connectivity index (χ0v) is 18.8. The maximum absolute atomic E-state index is 11.3. The molecule has 2 radical (unpaired) electrons. The summed E-state index contributed by atoms with van der Waals surface area (Å²) in [6, 6.07) is 9.96. The van der Waals surface area contributed by atoms with E-state index in [2.05, 4.69) is 74.1 Å². The molecule has 0 amide bonds. The van der Waals surface area contributed by atoms with Crippen LogP contribution in [0.4, 0.5) is 0 Å². The Balaban J connectivity index is 1.70. The van der Waals surface area contributed by atoms with Crippen LogP contribution in [-0.2, 0) is 10.0 Å². The molecule has 0 aliphatic rings. The SMILES string of the molecule is CC(C)(C)[Si]OC(C)(C)c1ccc2[nH]c(-c3n[nH]c4cc(C(=O)O)sc34)cc2c1. The van der Waals surface area contributed by atoms with Gasteiger partial charge in [0.2, 0.25) is 9.76 Å². The van der Waals surface area contributed by atoms with E-state index < -0.39 is 5.97 Å². The number of thiophene rings is 1. The molecule has 6 nitrogen and oxygen atoms in total. The Bertz CT molecular complexity index is 1210. The average Bonchev–Trinajstić information content (AvgIpc) is 3.31. The topological polar surface area (TPSA) is 91.0 Å². The third kappa shape index (κ3) is 3.87. The number of nitrogens with one attached hydrogen (secondary N) is 2. The van der Waals surface area contributed by atoms with Crippen molar-refractivity contribution < 1.29 is 14.3 Å². The zero-order valence-electron chi connectivity index (χ0n) is 17.0. The number of carboxylic acids is 1. The summed E-state index contributed by atoms with van der Waals surface area (Å²) in [6.45, 7) is 10.7. The van der Waals surface area contributed by atoms with Gasteiger partial charge in [0, 0.05) is 10.9 Å². The van der Waals surface area contributed by atoms with Crippen molar-refractivity contribution in [3.05, 3.63) is 40.8 Å². The lowest BCUT2D eigenvalue weighted by atomic mass is 9.97. The quantitative estimate of drug-likeness (QED) is 0.365. The van der Waals surface area contributed by atoms with E-state index in [9.17, 15) is 9.90 Å². The van der Waals surface area contributed by atoms with Crippen molar-refractivity contribution in [2.24, 2.45) is 0 Å². The molecule has 150 valence electrons. The number of nitrogens with zero attached hydrogens (tertiary/aromatic N) is 1. The minimum atomic E-state index is -0.926. The average molecular weight is 426 g/mol. The van der Waals surface area contributed by atoms with Gasteiger partial charge in [0.1, 0.15) is 10.6 Å². The molecular formula is C21H23N3O3SSi. The number of carboxylic acid groups (broad SMARTS) is 1. The van der Waals surface area contributed by atoms with Gasteiger partial charge in [-0.3, -0.25) is 5.10 Å². The van der Waals surface area contributed by atoms with Gasteiger partial charge < -0.3 is 14.5 Å². The standard InChI is InChI=1S/C21H23N3O3SSi/c1-20(2,3)29-27-21(4,5)12-6-7-13-11(8-12)9-14(22-13)17-18-15(23-24-17)10-16(28-18)19(25)26/h6-10,22H,1-5H3,(H,23,24)(H,25,26). The van der Waals surface area contributed by atoms with Crippen LogP contribution in [0.25, 0.3) is 32.5 Å². The first-order valence-electron chi connectivity index (χ1n) is 9.33. The number of aromatic amines is 2. The highest BCUT2D eigenvalue weighted by atomic mass is 32.1. The minimum Gasteiger partial charge on any atom is -0.477 e. The highest BCUT2D eigenvalue weighted by Crippen LogP contribution is 2.36. The largest absolute Gasteiger partial charge is 0.477 e. The first-order valence-corrected chi connectivity index (χ1v) is 11.1. The van der Waals surface area contributed by atoms with Crippen LogP contribution in [0.15, 0.2) is 30.3 Å². The van der Waals surface area contributed by atoms with Crippen molar-refractivity contribution in [2.75, 3.05) is 0 Å². The second kappa shape index (κ2) is 6.83. The van der Waals surface area contributed by atoms with Gasteiger partial charge in [-0.25, -0.2) is 4.79 Å². The molecule has 0 aliphatic heterocycles. The summed E-state index contributed by atoms with van der Waals surface area (Å²) in [5.41, 5.74) is 4.06. The fraction of sp³-hybridized carbons (Fsp3) is 0.333. The molecule has 0 aliphatic carbocycles. The fourth-order valence-corrected chi connectivity index (χ4v) is 4.71. The Hall–Kier alpha value is -2.42. The maximum Gasteiger partial charge on any atom is 0.345 e. The minimum absolute atomic E-state index is 0.128. The van der Waals surface area contributed by atoms with E-state index in [0.29, 0.717) is 14.6 Å². The van der Waals surface area contributed by atoms with E-state index in [4.69, 9.17) is 4.43 Å². The number of hydrogen-bond donors (Lipinski definition) is 3. The van der Waals surface area contributed by atoms with E-state index in [1.807, 2.05) is 0 Å². The maximum atomic E-state index is 11.3. The summed E-state index contributed by atoms with van der Waals surface area (Å²) in [5, 5.41) is 17.8. The predicted molar refractivity (Wildman–Crippen MR) is 118 cm³/mol. The summed E-state index contributed by atoms with van der Waals surface area (Å²) in [7, 11) is 0.403. The number of fused-ring (bicyclic) bond motifs is 2. The third-order valence-corrected chi connectivity index (χ3v) is 6.98. The molecule has 0 bridgehead atoms. The van der Waals surface area contributed by atoms with E-state index >= 15 is 0 Å². The summed E-state index contributed by atoms with van der Waals surface area (Å²) in [6.07, 6.45) is 0. The van der Waals surface area contributed by atoms with Crippen molar-refractivity contribution in [1.82, 2.24) is 15.2 Å². The van der Waals surface area contributed by atoms with Crippen LogP contribution in [0.5, 0.6) is 0 Å². The van der Waals surface area contributed by atoms with Gasteiger partial charge in [-0.05, 0) is 48.7 Å². The molecule has 3 N–H and O–H groups in total. The number of benzene rings is 1. The second-order valence-corrected chi connectivity index (χ2v) is 11.6. The summed E-state index contributed by atoms with van der Waals surface area (Å²) in [4.78, 5) is 15.0. The van der Waals surface area contributed by atoms with Crippen molar-refractivity contribution in [3.8, 4) is 11.4 Å². The van der Waals surface area contributed by atoms with E-state index in [1.54, 1.807) is 6.07 Å². The lowest BCUT2D eigenvalue weighted by molar-refractivity contribution is 0.0702. The Kier molecular flexibility index (Phi) is 4.68. The fourth-order valence-electron chi connectivity index (χ4n) is 3.08. The molecule has 0 saturated heterocycles. The number of carbonyl (C=O) groups is 1.